The minimum atomic E-state index is -0.417. The van der Waals surface area contributed by atoms with Crippen molar-refractivity contribution in [3.8, 4) is 5.69 Å². The van der Waals surface area contributed by atoms with Gasteiger partial charge in [0.05, 0.1) is 22.7 Å². The topological polar surface area (TPSA) is 64.4 Å². The van der Waals surface area contributed by atoms with E-state index in [-0.39, 0.29) is 31.3 Å². The van der Waals surface area contributed by atoms with Crippen LogP contribution in [0.3, 0.4) is 0 Å². The highest BCUT2D eigenvalue weighted by atomic mass is 32.2. The van der Waals surface area contributed by atoms with Gasteiger partial charge in [0.1, 0.15) is 16.7 Å². The van der Waals surface area contributed by atoms with Gasteiger partial charge in [-0.2, -0.15) is 5.10 Å². The molecule has 6 nitrogen and oxygen atoms in total. The third-order valence-electron chi connectivity index (χ3n) is 5.17. The van der Waals surface area contributed by atoms with E-state index >= 15 is 0 Å². The zero-order chi connectivity index (χ0) is 24.2. The number of nitrogens with zero attached hydrogens (tertiary/aromatic N) is 3. The maximum atomic E-state index is 13.1. The van der Waals surface area contributed by atoms with Gasteiger partial charge >= 0.3 is 5.97 Å². The van der Waals surface area contributed by atoms with E-state index in [1.807, 2.05) is 48.9 Å². The lowest BCUT2D eigenvalue weighted by Crippen LogP contribution is -2.30. The van der Waals surface area contributed by atoms with Crippen LogP contribution in [-0.2, 0) is 20.9 Å². The highest BCUT2D eigenvalue weighted by Crippen LogP contribution is 2.32. The van der Waals surface area contributed by atoms with E-state index in [9.17, 15) is 14.0 Å². The van der Waals surface area contributed by atoms with E-state index in [0.29, 0.717) is 14.8 Å². The molecular formula is C25H22FN3O3S2. The Bertz CT molecular complexity index is 1270. The van der Waals surface area contributed by atoms with Gasteiger partial charge in [-0.05, 0) is 61.4 Å². The first kappa shape index (κ1) is 23.8. The fourth-order valence-electron chi connectivity index (χ4n) is 3.47. The Hall–Kier alpha value is -3.30. The van der Waals surface area contributed by atoms with Crippen LogP contribution in [0.15, 0.2) is 59.5 Å². The summed E-state index contributed by atoms with van der Waals surface area (Å²) in [4.78, 5) is 26.7. The van der Waals surface area contributed by atoms with Crippen LogP contribution in [0, 0.1) is 19.7 Å². The SMILES string of the molecule is Cc1cc(C)n(-c2ccc(COC(=O)CCN3C(=O)/C(=C\c4ccc(F)cc4)SC3=S)cc2)n1. The summed E-state index contributed by atoms with van der Waals surface area (Å²) in [5, 5.41) is 4.46. The molecule has 4 rings (SSSR count). The zero-order valence-electron chi connectivity index (χ0n) is 18.7. The van der Waals surface area contributed by atoms with Gasteiger partial charge in [-0.3, -0.25) is 14.5 Å². The monoisotopic (exact) mass is 495 g/mol. The lowest BCUT2D eigenvalue weighted by atomic mass is 10.2. The average molecular weight is 496 g/mol. The van der Waals surface area contributed by atoms with Crippen LogP contribution >= 0.6 is 24.0 Å². The number of thiocarbonyl (C=S) groups is 1. The number of hydrogen-bond donors (Lipinski definition) is 0. The minimum Gasteiger partial charge on any atom is -0.461 e. The number of hydrogen-bond acceptors (Lipinski definition) is 6. The second-order valence-electron chi connectivity index (χ2n) is 7.80. The first-order valence-electron chi connectivity index (χ1n) is 10.6. The summed E-state index contributed by atoms with van der Waals surface area (Å²) < 4.78 is 20.7. The molecule has 0 saturated carbocycles. The molecule has 34 heavy (non-hydrogen) atoms. The van der Waals surface area contributed by atoms with Crippen LogP contribution in [0.4, 0.5) is 4.39 Å². The summed E-state index contributed by atoms with van der Waals surface area (Å²) in [6.07, 6.45) is 1.69. The fourth-order valence-corrected chi connectivity index (χ4v) is 4.77. The zero-order valence-corrected chi connectivity index (χ0v) is 20.3. The van der Waals surface area contributed by atoms with Gasteiger partial charge in [0.15, 0.2) is 0 Å². The molecule has 1 aromatic heterocycles. The number of thioether (sulfide) groups is 1. The van der Waals surface area contributed by atoms with Crippen LogP contribution < -0.4 is 0 Å². The normalized spacial score (nSPS) is 14.8. The van der Waals surface area contributed by atoms with Crippen molar-refractivity contribution in [3.63, 3.8) is 0 Å². The van der Waals surface area contributed by atoms with Crippen molar-refractivity contribution in [2.75, 3.05) is 6.54 Å². The highest BCUT2D eigenvalue weighted by molar-refractivity contribution is 8.26. The molecule has 9 heteroatoms. The molecule has 2 heterocycles. The maximum absolute atomic E-state index is 13.1. The van der Waals surface area contributed by atoms with Gasteiger partial charge < -0.3 is 4.74 Å². The molecule has 1 fully saturated rings. The van der Waals surface area contributed by atoms with Crippen LogP contribution in [0.1, 0.15) is 28.9 Å². The molecule has 2 aromatic carbocycles. The molecular weight excluding hydrogens is 473 g/mol. The largest absolute Gasteiger partial charge is 0.461 e. The molecule has 1 aliphatic rings. The molecule has 0 atom stereocenters. The Morgan fingerprint density at radius 1 is 1.15 bits per heavy atom. The van der Waals surface area contributed by atoms with Crippen molar-refractivity contribution in [1.29, 1.82) is 0 Å². The number of halogens is 1. The van der Waals surface area contributed by atoms with E-state index in [0.717, 1.165) is 34.4 Å². The Kier molecular flexibility index (Phi) is 7.23. The molecule has 3 aromatic rings. The van der Waals surface area contributed by atoms with Gasteiger partial charge in [0, 0.05) is 12.2 Å². The third kappa shape index (κ3) is 5.60. The summed E-state index contributed by atoms with van der Waals surface area (Å²) in [5.41, 5.74) is 4.48. The lowest BCUT2D eigenvalue weighted by Gasteiger charge is -2.14. The number of esters is 1. The van der Waals surface area contributed by atoms with Gasteiger partial charge in [-0.15, -0.1) is 0 Å². The van der Waals surface area contributed by atoms with Gasteiger partial charge in [-0.25, -0.2) is 9.07 Å². The van der Waals surface area contributed by atoms with Crippen molar-refractivity contribution < 1.29 is 18.7 Å². The van der Waals surface area contributed by atoms with Crippen LogP contribution in [0.2, 0.25) is 0 Å². The standard InChI is InChI=1S/C25H22FN3O3S2/c1-16-13-17(2)29(27-16)21-9-5-19(6-10-21)15-32-23(30)11-12-28-24(31)22(34-25(28)33)14-18-3-7-20(26)8-4-18/h3-10,13-14H,11-12,15H2,1-2H3/b22-14+. The number of rotatable bonds is 7. The summed E-state index contributed by atoms with van der Waals surface area (Å²) >= 11 is 6.46. The van der Waals surface area contributed by atoms with Gasteiger partial charge in [0.2, 0.25) is 0 Å². The number of carbonyl (C=O) groups excluding carboxylic acids is 2. The molecule has 1 amide bonds. The third-order valence-corrected chi connectivity index (χ3v) is 6.55. The van der Waals surface area contributed by atoms with E-state index in [1.54, 1.807) is 18.2 Å². The van der Waals surface area contributed by atoms with E-state index in [1.165, 1.54) is 17.0 Å². The van der Waals surface area contributed by atoms with Crippen molar-refractivity contribution in [2.24, 2.45) is 0 Å². The lowest BCUT2D eigenvalue weighted by molar-refractivity contribution is -0.145. The molecule has 0 unspecified atom stereocenters. The molecule has 174 valence electrons. The van der Waals surface area contributed by atoms with E-state index in [2.05, 4.69) is 5.10 Å². The first-order chi connectivity index (χ1) is 16.3. The summed E-state index contributed by atoms with van der Waals surface area (Å²) in [6.45, 7) is 4.22. The number of amides is 1. The Morgan fingerprint density at radius 3 is 2.50 bits per heavy atom. The van der Waals surface area contributed by atoms with Crippen molar-refractivity contribution in [1.82, 2.24) is 14.7 Å². The number of carbonyl (C=O) groups is 2. The minimum absolute atomic E-state index is 0.0279. The summed E-state index contributed by atoms with van der Waals surface area (Å²) in [5.74, 6) is -1.03. The maximum Gasteiger partial charge on any atom is 0.307 e. The second kappa shape index (κ2) is 10.3. The van der Waals surface area contributed by atoms with Gasteiger partial charge in [-0.1, -0.05) is 48.2 Å². The predicted octanol–water partition coefficient (Wildman–Crippen LogP) is 4.96. The van der Waals surface area contributed by atoms with E-state index in [4.69, 9.17) is 17.0 Å². The molecule has 1 saturated heterocycles. The fraction of sp³-hybridized carbons (Fsp3) is 0.200. The smallest absolute Gasteiger partial charge is 0.307 e. The molecule has 0 bridgehead atoms. The second-order valence-corrected chi connectivity index (χ2v) is 9.48. The number of ether oxygens (including phenoxy) is 1. The summed E-state index contributed by atoms with van der Waals surface area (Å²) in [7, 11) is 0. The van der Waals surface area contributed by atoms with Crippen molar-refractivity contribution in [2.45, 2.75) is 26.9 Å². The molecule has 1 aliphatic heterocycles. The van der Waals surface area contributed by atoms with Crippen LogP contribution in [-0.4, -0.2) is 37.4 Å². The van der Waals surface area contributed by atoms with Crippen molar-refractivity contribution >= 4 is 46.3 Å². The number of benzene rings is 2. The molecule has 0 N–H and O–H groups in total. The van der Waals surface area contributed by atoms with Crippen molar-refractivity contribution in [3.05, 3.63) is 87.8 Å². The Balaban J connectivity index is 1.28. The quantitative estimate of drug-likeness (QED) is 0.262. The summed E-state index contributed by atoms with van der Waals surface area (Å²) in [6, 6.07) is 15.5. The van der Waals surface area contributed by atoms with E-state index < -0.39 is 5.97 Å². The van der Waals surface area contributed by atoms with Crippen LogP contribution in [0.5, 0.6) is 0 Å². The van der Waals surface area contributed by atoms with Gasteiger partial charge in [0.25, 0.3) is 5.91 Å². The molecule has 0 spiro atoms. The number of aryl methyl sites for hydroxylation is 2. The Labute approximate surface area is 206 Å². The molecule has 0 aliphatic carbocycles. The van der Waals surface area contributed by atoms with Crippen LogP contribution in [0.25, 0.3) is 11.8 Å². The molecule has 0 radical (unpaired) electrons. The predicted molar refractivity (Wildman–Crippen MR) is 134 cm³/mol. The average Bonchev–Trinajstić information content (AvgIpc) is 3.29. The first-order valence-corrected chi connectivity index (χ1v) is 11.8. The highest BCUT2D eigenvalue weighted by Gasteiger charge is 2.32. The Morgan fingerprint density at radius 2 is 1.85 bits per heavy atom. The number of aromatic nitrogens is 2.